The molecule has 1 aliphatic rings. The Kier molecular flexibility index (Phi) is 5.20. The predicted octanol–water partition coefficient (Wildman–Crippen LogP) is 2.63. The number of nitrogens with two attached hydrogens (primary N) is 1. The van der Waals surface area contributed by atoms with E-state index in [-0.39, 0.29) is 0 Å². The molecule has 1 saturated heterocycles. The molecule has 2 atom stereocenters. The largest absolute Gasteiger partial charge is 0.374 e. The summed E-state index contributed by atoms with van der Waals surface area (Å²) in [6.45, 7) is 5.27. The van der Waals surface area contributed by atoms with E-state index in [1.165, 1.54) is 18.4 Å². The Labute approximate surface area is 87.5 Å². The van der Waals surface area contributed by atoms with Gasteiger partial charge in [0.25, 0.3) is 0 Å². The van der Waals surface area contributed by atoms with E-state index in [1.807, 2.05) is 0 Å². The number of hydrogen-bond acceptors (Lipinski definition) is 2. The van der Waals surface area contributed by atoms with Crippen molar-refractivity contribution in [1.82, 2.24) is 0 Å². The van der Waals surface area contributed by atoms with Crippen LogP contribution in [0.25, 0.3) is 0 Å². The molecule has 2 N–H and O–H groups in total. The molecule has 0 aromatic carbocycles. The van der Waals surface area contributed by atoms with Crippen LogP contribution in [-0.2, 0) is 4.74 Å². The minimum Gasteiger partial charge on any atom is -0.374 e. The van der Waals surface area contributed by atoms with Crippen molar-refractivity contribution < 1.29 is 4.74 Å². The maximum absolute atomic E-state index is 5.89. The van der Waals surface area contributed by atoms with Gasteiger partial charge in [0.2, 0.25) is 0 Å². The lowest BCUT2D eigenvalue weighted by molar-refractivity contribution is 0.134. The van der Waals surface area contributed by atoms with Crippen molar-refractivity contribution in [2.75, 3.05) is 6.61 Å². The first-order valence-electron chi connectivity index (χ1n) is 5.84. The van der Waals surface area contributed by atoms with Gasteiger partial charge in [-0.1, -0.05) is 19.9 Å². The van der Waals surface area contributed by atoms with Crippen LogP contribution >= 0.6 is 0 Å². The van der Waals surface area contributed by atoms with Crippen LogP contribution in [0.5, 0.6) is 0 Å². The fourth-order valence-corrected chi connectivity index (χ4v) is 1.84. The lowest BCUT2D eigenvalue weighted by Gasteiger charge is -2.14. The van der Waals surface area contributed by atoms with Crippen molar-refractivity contribution in [3.63, 3.8) is 0 Å². The summed E-state index contributed by atoms with van der Waals surface area (Å²) < 4.78 is 5.66. The standard InChI is InChI=1S/C12H23NO/c1-3-10(7-8-11(13)4-2)12-6-5-9-14-12/h7,11-12H,3-6,8-9,13H2,1-2H3/b10-7+. The molecule has 0 saturated carbocycles. The van der Waals surface area contributed by atoms with Gasteiger partial charge in [0.15, 0.2) is 0 Å². The molecular weight excluding hydrogens is 174 g/mol. The van der Waals surface area contributed by atoms with Gasteiger partial charge in [-0.3, -0.25) is 0 Å². The third-order valence-corrected chi connectivity index (χ3v) is 2.96. The van der Waals surface area contributed by atoms with Gasteiger partial charge in [-0.25, -0.2) is 0 Å². The van der Waals surface area contributed by atoms with Gasteiger partial charge in [-0.2, -0.15) is 0 Å². The summed E-state index contributed by atoms with van der Waals surface area (Å²) in [6, 6.07) is 0.318. The van der Waals surface area contributed by atoms with Crippen molar-refractivity contribution in [2.45, 2.75) is 58.1 Å². The Morgan fingerprint density at radius 1 is 1.57 bits per heavy atom. The van der Waals surface area contributed by atoms with Gasteiger partial charge in [0.1, 0.15) is 0 Å². The normalized spacial score (nSPS) is 25.4. The molecule has 1 fully saturated rings. The Balaban J connectivity index is 2.43. The molecule has 1 heterocycles. The molecule has 0 aromatic rings. The van der Waals surface area contributed by atoms with Crippen molar-refractivity contribution in [2.24, 2.45) is 5.73 Å². The molecule has 1 rings (SSSR count). The highest BCUT2D eigenvalue weighted by molar-refractivity contribution is 5.09. The fourth-order valence-electron chi connectivity index (χ4n) is 1.84. The van der Waals surface area contributed by atoms with Crippen molar-refractivity contribution >= 4 is 0 Å². The van der Waals surface area contributed by atoms with Gasteiger partial charge in [-0.15, -0.1) is 0 Å². The van der Waals surface area contributed by atoms with E-state index in [0.717, 1.165) is 25.9 Å². The second-order valence-corrected chi connectivity index (χ2v) is 4.04. The SMILES string of the molecule is CC/C(=C\CC(N)CC)C1CCCO1. The second-order valence-electron chi connectivity index (χ2n) is 4.04. The number of hydrogen-bond donors (Lipinski definition) is 1. The zero-order chi connectivity index (χ0) is 10.4. The molecule has 2 unspecified atom stereocenters. The van der Waals surface area contributed by atoms with Crippen molar-refractivity contribution in [3.8, 4) is 0 Å². The Bertz CT molecular complexity index is 183. The maximum atomic E-state index is 5.89. The van der Waals surface area contributed by atoms with Crippen LogP contribution in [-0.4, -0.2) is 18.8 Å². The van der Waals surface area contributed by atoms with E-state index in [4.69, 9.17) is 10.5 Å². The average Bonchev–Trinajstić information content (AvgIpc) is 2.72. The molecule has 0 spiro atoms. The highest BCUT2D eigenvalue weighted by Crippen LogP contribution is 2.22. The van der Waals surface area contributed by atoms with Crippen LogP contribution in [0.1, 0.15) is 46.0 Å². The quantitative estimate of drug-likeness (QED) is 0.688. The Hall–Kier alpha value is -0.340. The Morgan fingerprint density at radius 3 is 2.86 bits per heavy atom. The Morgan fingerprint density at radius 2 is 2.36 bits per heavy atom. The van der Waals surface area contributed by atoms with E-state index in [1.54, 1.807) is 0 Å². The molecule has 0 aromatic heterocycles. The minimum atomic E-state index is 0.318. The van der Waals surface area contributed by atoms with Crippen LogP contribution < -0.4 is 5.73 Å². The lowest BCUT2D eigenvalue weighted by Crippen LogP contribution is -2.18. The van der Waals surface area contributed by atoms with E-state index >= 15 is 0 Å². The van der Waals surface area contributed by atoms with E-state index < -0.39 is 0 Å². The number of ether oxygens (including phenoxy) is 1. The minimum absolute atomic E-state index is 0.318. The molecule has 0 amide bonds. The summed E-state index contributed by atoms with van der Waals surface area (Å²) in [4.78, 5) is 0. The van der Waals surface area contributed by atoms with E-state index in [0.29, 0.717) is 12.1 Å². The first kappa shape index (κ1) is 11.7. The highest BCUT2D eigenvalue weighted by Gasteiger charge is 2.18. The van der Waals surface area contributed by atoms with Crippen LogP contribution in [0.2, 0.25) is 0 Å². The molecule has 0 aliphatic carbocycles. The molecule has 2 heteroatoms. The van der Waals surface area contributed by atoms with Crippen molar-refractivity contribution in [1.29, 1.82) is 0 Å². The van der Waals surface area contributed by atoms with Crippen LogP contribution in [0.4, 0.5) is 0 Å². The first-order valence-corrected chi connectivity index (χ1v) is 5.84. The van der Waals surface area contributed by atoms with Gasteiger partial charge in [-0.05, 0) is 37.7 Å². The molecule has 14 heavy (non-hydrogen) atoms. The van der Waals surface area contributed by atoms with Crippen LogP contribution in [0, 0.1) is 0 Å². The zero-order valence-corrected chi connectivity index (χ0v) is 9.46. The maximum Gasteiger partial charge on any atom is 0.0785 e. The average molecular weight is 197 g/mol. The van der Waals surface area contributed by atoms with Crippen LogP contribution in [0.3, 0.4) is 0 Å². The molecule has 0 bridgehead atoms. The monoisotopic (exact) mass is 197 g/mol. The van der Waals surface area contributed by atoms with Gasteiger partial charge in [0, 0.05) is 12.6 Å². The summed E-state index contributed by atoms with van der Waals surface area (Å²) in [6.07, 6.45) is 8.25. The van der Waals surface area contributed by atoms with E-state index in [9.17, 15) is 0 Å². The second kappa shape index (κ2) is 6.20. The topological polar surface area (TPSA) is 35.2 Å². The number of rotatable bonds is 5. The third kappa shape index (κ3) is 3.43. The molecule has 2 nitrogen and oxygen atoms in total. The van der Waals surface area contributed by atoms with Gasteiger partial charge in [0.05, 0.1) is 6.10 Å². The third-order valence-electron chi connectivity index (χ3n) is 2.96. The van der Waals surface area contributed by atoms with Gasteiger partial charge < -0.3 is 10.5 Å². The van der Waals surface area contributed by atoms with Gasteiger partial charge >= 0.3 is 0 Å². The summed E-state index contributed by atoms with van der Waals surface area (Å²) in [5, 5.41) is 0. The predicted molar refractivity (Wildman–Crippen MR) is 60.2 cm³/mol. The van der Waals surface area contributed by atoms with Crippen LogP contribution in [0.15, 0.2) is 11.6 Å². The van der Waals surface area contributed by atoms with Crippen molar-refractivity contribution in [3.05, 3.63) is 11.6 Å². The lowest BCUT2D eigenvalue weighted by atomic mass is 10.0. The highest BCUT2D eigenvalue weighted by atomic mass is 16.5. The van der Waals surface area contributed by atoms with E-state index in [2.05, 4.69) is 19.9 Å². The zero-order valence-electron chi connectivity index (χ0n) is 9.46. The molecule has 1 aliphatic heterocycles. The summed E-state index contributed by atoms with van der Waals surface area (Å²) >= 11 is 0. The molecule has 0 radical (unpaired) electrons. The summed E-state index contributed by atoms with van der Waals surface area (Å²) in [7, 11) is 0. The molecule has 82 valence electrons. The smallest absolute Gasteiger partial charge is 0.0785 e. The summed E-state index contributed by atoms with van der Waals surface area (Å²) in [5.74, 6) is 0. The molecular formula is C12H23NO. The first-order chi connectivity index (χ1) is 6.77. The summed E-state index contributed by atoms with van der Waals surface area (Å²) in [5.41, 5.74) is 7.34. The fraction of sp³-hybridized carbons (Fsp3) is 0.833.